The van der Waals surface area contributed by atoms with E-state index in [-0.39, 0.29) is 13.2 Å². The first-order chi connectivity index (χ1) is 24.7. The highest BCUT2D eigenvalue weighted by Gasteiger charge is 2.58. The number of esters is 5. The van der Waals surface area contributed by atoms with Crippen LogP contribution in [0.15, 0.2) is 43.0 Å². The fraction of sp³-hybridized carbons (Fsp3) is 0.600. The first-order valence-corrected chi connectivity index (χ1v) is 16.6. The number of unbranched alkanes of at least 4 members (excludes halogenated alkanes) is 1. The van der Waals surface area contributed by atoms with Crippen molar-refractivity contribution in [2.45, 2.75) is 115 Å². The molecule has 0 aromatic heterocycles. The molecule has 0 aliphatic carbocycles. The van der Waals surface area contributed by atoms with Crippen LogP contribution in [-0.2, 0) is 82.7 Å². The zero-order chi connectivity index (χ0) is 38.4. The molecule has 52 heavy (non-hydrogen) atoms. The van der Waals surface area contributed by atoms with Crippen LogP contribution < -0.4 is 5.32 Å². The molecule has 2 heterocycles. The van der Waals surface area contributed by atoms with E-state index in [1.54, 1.807) is 18.2 Å². The van der Waals surface area contributed by atoms with E-state index in [2.05, 4.69) is 11.9 Å². The molecule has 3 rings (SSSR count). The van der Waals surface area contributed by atoms with Gasteiger partial charge in [0.05, 0.1) is 20.3 Å². The molecule has 0 unspecified atom stereocenters. The molecule has 0 bridgehead atoms. The third-order valence-corrected chi connectivity index (χ3v) is 7.71. The van der Waals surface area contributed by atoms with E-state index in [0.29, 0.717) is 12.8 Å². The summed E-state index contributed by atoms with van der Waals surface area (Å²) >= 11 is 0. The molecule has 0 radical (unpaired) electrons. The minimum atomic E-state index is -1.77. The van der Waals surface area contributed by atoms with Crippen molar-refractivity contribution in [2.24, 2.45) is 0 Å². The van der Waals surface area contributed by atoms with Gasteiger partial charge < -0.3 is 52.7 Å². The van der Waals surface area contributed by atoms with Gasteiger partial charge in [-0.3, -0.25) is 24.0 Å². The van der Waals surface area contributed by atoms with Crippen LogP contribution in [0.25, 0.3) is 0 Å². The van der Waals surface area contributed by atoms with Crippen LogP contribution in [0.5, 0.6) is 0 Å². The van der Waals surface area contributed by atoms with E-state index in [1.807, 2.05) is 18.2 Å². The van der Waals surface area contributed by atoms with Crippen LogP contribution >= 0.6 is 0 Å². The van der Waals surface area contributed by atoms with Gasteiger partial charge in [0.1, 0.15) is 31.0 Å². The average Bonchev–Trinajstić information content (AvgIpc) is 3.08. The number of allylic oxidation sites excluding steroid dienone is 1. The Morgan fingerprint density at radius 2 is 1.40 bits per heavy atom. The predicted molar refractivity (Wildman–Crippen MR) is 176 cm³/mol. The second-order valence-electron chi connectivity index (χ2n) is 11.9. The Labute approximate surface area is 301 Å². The number of hydrogen-bond acceptors (Lipinski definition) is 16. The number of amides is 1. The highest BCUT2D eigenvalue weighted by Crippen LogP contribution is 2.35. The maximum atomic E-state index is 13.1. The van der Waals surface area contributed by atoms with Crippen molar-refractivity contribution in [3.63, 3.8) is 0 Å². The van der Waals surface area contributed by atoms with Crippen molar-refractivity contribution < 1.29 is 76.1 Å². The maximum Gasteiger partial charge on any atom is 0.339 e. The van der Waals surface area contributed by atoms with Crippen molar-refractivity contribution in [3.05, 3.63) is 48.6 Å². The second-order valence-corrected chi connectivity index (χ2v) is 11.9. The van der Waals surface area contributed by atoms with Gasteiger partial charge >= 0.3 is 29.8 Å². The highest BCUT2D eigenvalue weighted by molar-refractivity contribution is 5.77. The largest absolute Gasteiger partial charge is 0.467 e. The van der Waals surface area contributed by atoms with Crippen molar-refractivity contribution in [3.8, 4) is 0 Å². The molecule has 10 atom stereocenters. The van der Waals surface area contributed by atoms with Gasteiger partial charge in [-0.15, -0.1) is 6.58 Å². The summed E-state index contributed by atoms with van der Waals surface area (Å²) in [5.74, 6) is -4.83. The van der Waals surface area contributed by atoms with E-state index >= 15 is 0 Å². The number of carbonyl (C=O) groups is 6. The predicted octanol–water partition coefficient (Wildman–Crippen LogP) is 1.43. The molecule has 2 aliphatic rings. The number of ether oxygens (including phenoxy) is 10. The molecule has 1 aromatic carbocycles. The van der Waals surface area contributed by atoms with Crippen molar-refractivity contribution in [1.82, 2.24) is 5.32 Å². The molecule has 2 fully saturated rings. The number of hydrogen-bond donors (Lipinski definition) is 1. The minimum Gasteiger partial charge on any atom is -0.467 e. The van der Waals surface area contributed by atoms with E-state index in [4.69, 9.17) is 47.4 Å². The molecule has 17 nitrogen and oxygen atoms in total. The second kappa shape index (κ2) is 20.6. The lowest BCUT2D eigenvalue weighted by atomic mass is 9.94. The zero-order valence-electron chi connectivity index (χ0n) is 30.0. The molecule has 2 aliphatic heterocycles. The number of rotatable bonds is 17. The molecule has 1 amide bonds. The van der Waals surface area contributed by atoms with E-state index in [0.717, 1.165) is 33.4 Å². The van der Waals surface area contributed by atoms with Crippen LogP contribution in [0.2, 0.25) is 0 Å². The number of benzene rings is 1. The summed E-state index contributed by atoms with van der Waals surface area (Å²) in [5, 5.41) is 2.81. The quantitative estimate of drug-likeness (QED) is 0.104. The van der Waals surface area contributed by atoms with Crippen LogP contribution in [-0.4, -0.2) is 117 Å². The number of nitrogens with one attached hydrogen (secondary N) is 1. The Morgan fingerprint density at radius 3 is 1.98 bits per heavy atom. The lowest BCUT2D eigenvalue weighted by Gasteiger charge is -2.49. The fourth-order valence-corrected chi connectivity index (χ4v) is 5.67. The Balaban J connectivity index is 2.17. The number of methoxy groups -OCH3 is 1. The van der Waals surface area contributed by atoms with Gasteiger partial charge in [-0.25, -0.2) is 4.79 Å². The minimum absolute atomic E-state index is 0.0147. The van der Waals surface area contributed by atoms with E-state index in [1.165, 1.54) is 13.8 Å². The Morgan fingerprint density at radius 1 is 0.769 bits per heavy atom. The smallest absolute Gasteiger partial charge is 0.339 e. The molecular weight excluding hydrogens is 690 g/mol. The summed E-state index contributed by atoms with van der Waals surface area (Å²) in [6, 6.07) is 7.98. The fourth-order valence-electron chi connectivity index (χ4n) is 5.67. The van der Waals surface area contributed by atoms with E-state index < -0.39 is 104 Å². The first-order valence-electron chi connectivity index (χ1n) is 16.6. The molecule has 0 spiro atoms. The van der Waals surface area contributed by atoms with Gasteiger partial charge in [0.15, 0.2) is 37.0 Å². The van der Waals surface area contributed by atoms with Gasteiger partial charge in [-0.1, -0.05) is 36.4 Å². The molecular formula is C35H47NO16. The zero-order valence-corrected chi connectivity index (χ0v) is 30.0. The van der Waals surface area contributed by atoms with Gasteiger partial charge in [0.2, 0.25) is 5.91 Å². The van der Waals surface area contributed by atoms with Crippen molar-refractivity contribution >= 4 is 35.8 Å². The van der Waals surface area contributed by atoms with Crippen LogP contribution in [0.4, 0.5) is 0 Å². The van der Waals surface area contributed by atoms with Crippen molar-refractivity contribution in [2.75, 3.05) is 20.3 Å². The Hall–Kier alpha value is -4.42. The molecule has 17 heteroatoms. The SMILES string of the molecule is C=CCCCO[C@@H]1O[C@H](COC(C)=O)[C@@H](O[C@@H]2O[C@H](C(=O)OC)[C@@H](OC(C)=O)[C@H](OC(C)=O)[C@H]2OC(C)=O)[C@H](OCc2ccccc2)[C@H]1NC(C)=O. The molecule has 1 aromatic rings. The number of carbonyl (C=O) groups excluding carboxylic acids is 6. The molecule has 288 valence electrons. The Bertz CT molecular complexity index is 1390. The summed E-state index contributed by atoms with van der Waals surface area (Å²) in [6.07, 6.45) is -10.5. The molecule has 2 saturated heterocycles. The lowest BCUT2D eigenvalue weighted by molar-refractivity contribution is -0.349. The Kier molecular flexibility index (Phi) is 16.6. The van der Waals surface area contributed by atoms with E-state index in [9.17, 15) is 28.8 Å². The maximum absolute atomic E-state index is 13.1. The van der Waals surface area contributed by atoms with Crippen LogP contribution in [0, 0.1) is 0 Å². The lowest BCUT2D eigenvalue weighted by Crippen LogP contribution is -2.69. The third kappa shape index (κ3) is 12.4. The summed E-state index contributed by atoms with van der Waals surface area (Å²) in [5.41, 5.74) is 0.742. The van der Waals surface area contributed by atoms with Gasteiger partial charge in [-0.05, 0) is 18.4 Å². The molecule has 0 saturated carbocycles. The third-order valence-electron chi connectivity index (χ3n) is 7.71. The van der Waals surface area contributed by atoms with Gasteiger partial charge in [0.25, 0.3) is 0 Å². The standard InChI is InChI=1S/C35H47NO16/c1-8-9-13-16-44-34-26(36-19(2)37)28(46-17-24-14-11-10-12-15-24)27(25(50-34)18-45-20(3)38)51-35-32(49-23(6)41)30(48-22(5)40)29(47-21(4)39)31(52-35)33(42)43-7/h8,10-12,14-15,25-32,34-35H,1,9,13,16-18H2,2-7H3,(H,36,37)/t25-,26-,27-,28-,29+,30+,31+,32-,34-,35-/m1/s1. The summed E-state index contributed by atoms with van der Waals surface area (Å²) in [4.78, 5) is 74.7. The van der Waals surface area contributed by atoms with Gasteiger partial charge in [0, 0.05) is 34.6 Å². The van der Waals surface area contributed by atoms with Gasteiger partial charge in [-0.2, -0.15) is 0 Å². The average molecular weight is 738 g/mol. The first kappa shape index (κ1) is 42.0. The van der Waals surface area contributed by atoms with Crippen LogP contribution in [0.3, 0.4) is 0 Å². The highest BCUT2D eigenvalue weighted by atomic mass is 16.8. The summed E-state index contributed by atoms with van der Waals surface area (Å²) < 4.78 is 57.9. The van der Waals surface area contributed by atoms with Crippen LogP contribution in [0.1, 0.15) is 53.0 Å². The monoisotopic (exact) mass is 737 g/mol. The molecule has 1 N–H and O–H groups in total. The van der Waals surface area contributed by atoms with Crippen molar-refractivity contribution in [1.29, 1.82) is 0 Å². The summed E-state index contributed by atoms with van der Waals surface area (Å²) in [7, 11) is 1.05. The topological polar surface area (TPSA) is 207 Å². The summed E-state index contributed by atoms with van der Waals surface area (Å²) in [6.45, 7) is 9.11. The normalized spacial score (nSPS) is 28.4.